The normalized spacial score (nSPS) is 15.0. The van der Waals surface area contributed by atoms with Crippen molar-refractivity contribution in [1.82, 2.24) is 35.2 Å². The first-order valence-electron chi connectivity index (χ1n) is 11.2. The molecule has 0 spiro atoms. The summed E-state index contributed by atoms with van der Waals surface area (Å²) in [7, 11) is 1.47. The molecule has 0 unspecified atom stereocenters. The molecule has 0 radical (unpaired) electrons. The molecule has 5 rings (SSSR count). The molecule has 0 aliphatic carbocycles. The molecule has 1 aliphatic heterocycles. The van der Waals surface area contributed by atoms with Crippen molar-refractivity contribution in [3.05, 3.63) is 71.6 Å². The third-order valence-corrected chi connectivity index (χ3v) is 5.99. The average molecular weight is 483 g/mol. The molecular formula is C25H22N8O3. The van der Waals surface area contributed by atoms with Crippen LogP contribution in [0.5, 0.6) is 5.75 Å². The third kappa shape index (κ3) is 3.99. The van der Waals surface area contributed by atoms with Crippen molar-refractivity contribution in [1.29, 1.82) is 5.26 Å². The zero-order valence-electron chi connectivity index (χ0n) is 19.6. The number of allylic oxidation sites excluding steroid dienone is 1. The first-order valence-corrected chi connectivity index (χ1v) is 11.2. The number of hydrogen-bond donors (Lipinski definition) is 2. The smallest absolute Gasteiger partial charge is 0.309 e. The first kappa shape index (κ1) is 22.9. The number of carbonyl (C=O) groups excluding carboxylic acids is 2. The summed E-state index contributed by atoms with van der Waals surface area (Å²) in [4.78, 5) is 38.3. The van der Waals surface area contributed by atoms with Gasteiger partial charge in [-0.3, -0.25) is 14.6 Å². The lowest BCUT2D eigenvalue weighted by Gasteiger charge is -2.29. The Kier molecular flexibility index (Phi) is 6.02. The van der Waals surface area contributed by atoms with E-state index in [2.05, 4.69) is 31.5 Å². The van der Waals surface area contributed by atoms with Crippen LogP contribution in [0.15, 0.2) is 54.6 Å². The van der Waals surface area contributed by atoms with Crippen LogP contribution in [0.2, 0.25) is 0 Å². The van der Waals surface area contributed by atoms with Crippen LogP contribution in [-0.2, 0) is 4.79 Å². The molecule has 180 valence electrons. The molecule has 11 nitrogen and oxygen atoms in total. The number of aryl methyl sites for hydroxylation is 1. The maximum Gasteiger partial charge on any atom is 0.309 e. The molecule has 0 atom stereocenters. The van der Waals surface area contributed by atoms with Crippen molar-refractivity contribution in [2.45, 2.75) is 13.3 Å². The lowest BCUT2D eigenvalue weighted by Crippen LogP contribution is -2.50. The van der Waals surface area contributed by atoms with Crippen molar-refractivity contribution in [2.24, 2.45) is 0 Å². The van der Waals surface area contributed by atoms with E-state index in [-0.39, 0.29) is 12.1 Å². The van der Waals surface area contributed by atoms with E-state index < -0.39 is 11.7 Å². The summed E-state index contributed by atoms with van der Waals surface area (Å²) >= 11 is 0. The summed E-state index contributed by atoms with van der Waals surface area (Å²) in [5.41, 5.74) is 5.69. The minimum Gasteiger partial charge on any atom is -0.494 e. The van der Waals surface area contributed by atoms with E-state index in [1.54, 1.807) is 6.92 Å². The maximum absolute atomic E-state index is 13.4. The molecule has 36 heavy (non-hydrogen) atoms. The number of aromatic amines is 1. The van der Waals surface area contributed by atoms with E-state index in [9.17, 15) is 14.9 Å². The average Bonchev–Trinajstić information content (AvgIpc) is 3.55. The van der Waals surface area contributed by atoms with Gasteiger partial charge in [-0.1, -0.05) is 30.3 Å². The number of Topliss-reactive ketones (excluding diaryl/α,β-unsaturated/α-hetero) is 1. The molecule has 4 aromatic rings. The van der Waals surface area contributed by atoms with E-state index in [4.69, 9.17) is 4.74 Å². The minimum absolute atomic E-state index is 0.118. The van der Waals surface area contributed by atoms with Gasteiger partial charge in [-0.2, -0.15) is 10.4 Å². The van der Waals surface area contributed by atoms with Crippen LogP contribution in [0.3, 0.4) is 0 Å². The number of amides is 1. The number of ketones is 1. The van der Waals surface area contributed by atoms with Gasteiger partial charge in [-0.05, 0) is 24.5 Å². The Morgan fingerprint density at radius 1 is 1.19 bits per heavy atom. The molecule has 0 bridgehead atoms. The Morgan fingerprint density at radius 2 is 2.00 bits per heavy atom. The molecule has 1 amide bonds. The number of nitriles is 1. The van der Waals surface area contributed by atoms with Gasteiger partial charge in [0.2, 0.25) is 0 Å². The Labute approximate surface area is 206 Å². The van der Waals surface area contributed by atoms with Gasteiger partial charge in [0.15, 0.2) is 5.82 Å². The van der Waals surface area contributed by atoms with E-state index in [1.807, 2.05) is 30.3 Å². The Balaban J connectivity index is 1.49. The highest BCUT2D eigenvalue weighted by Gasteiger charge is 2.31. The number of carbonyl (C=O) groups is 2. The molecule has 0 saturated carbocycles. The fraction of sp³-hybridized carbons (Fsp3) is 0.200. The van der Waals surface area contributed by atoms with Gasteiger partial charge >= 0.3 is 5.91 Å². The fourth-order valence-corrected chi connectivity index (χ4v) is 4.27. The summed E-state index contributed by atoms with van der Waals surface area (Å²) in [6.45, 7) is 2.29. The summed E-state index contributed by atoms with van der Waals surface area (Å²) in [5, 5.41) is 15.7. The number of aromatic nitrogens is 5. The monoisotopic (exact) mass is 482 g/mol. The van der Waals surface area contributed by atoms with Gasteiger partial charge in [0, 0.05) is 12.7 Å². The van der Waals surface area contributed by atoms with Crippen LogP contribution < -0.4 is 10.2 Å². The highest BCUT2D eigenvalue weighted by Crippen LogP contribution is 2.32. The zero-order valence-corrected chi connectivity index (χ0v) is 19.6. The lowest BCUT2D eigenvalue weighted by atomic mass is 9.97. The zero-order chi connectivity index (χ0) is 25.2. The van der Waals surface area contributed by atoms with Gasteiger partial charge in [0.1, 0.15) is 17.9 Å². The number of ether oxygens (including phenoxy) is 1. The summed E-state index contributed by atoms with van der Waals surface area (Å²) in [6.07, 6.45) is 5.04. The van der Waals surface area contributed by atoms with Crippen molar-refractivity contribution < 1.29 is 14.3 Å². The summed E-state index contributed by atoms with van der Waals surface area (Å²) < 4.78 is 6.93. The number of rotatable bonds is 5. The number of hydrazine groups is 1. The maximum atomic E-state index is 13.4. The Bertz CT molecular complexity index is 1540. The number of hydrogen-bond acceptors (Lipinski definition) is 8. The second kappa shape index (κ2) is 9.44. The number of pyridine rings is 1. The molecule has 4 heterocycles. The van der Waals surface area contributed by atoms with E-state index >= 15 is 0 Å². The summed E-state index contributed by atoms with van der Waals surface area (Å²) in [6, 6.07) is 11.5. The van der Waals surface area contributed by atoms with Crippen LogP contribution in [0, 0.1) is 18.3 Å². The molecule has 11 heteroatoms. The molecular weight excluding hydrogens is 460 g/mol. The number of nitrogens with one attached hydrogen (secondary N) is 2. The minimum atomic E-state index is -0.740. The SMILES string of the molecule is COc1cnc(-n2cnc(C)n2)c2[nH]cc(C(=O)C(=O)N3CC(=C(C#N)c4ccccc4)CCN3)c12. The molecule has 1 saturated heterocycles. The predicted molar refractivity (Wildman–Crippen MR) is 130 cm³/mol. The topological polar surface area (TPSA) is 142 Å². The summed E-state index contributed by atoms with van der Waals surface area (Å²) in [5.74, 6) is -0.147. The van der Waals surface area contributed by atoms with E-state index in [1.165, 1.54) is 35.5 Å². The molecule has 1 aromatic carbocycles. The fourth-order valence-electron chi connectivity index (χ4n) is 4.27. The van der Waals surface area contributed by atoms with Gasteiger partial charge in [-0.15, -0.1) is 0 Å². The van der Waals surface area contributed by atoms with Gasteiger partial charge in [-0.25, -0.2) is 20.1 Å². The number of benzene rings is 1. The lowest BCUT2D eigenvalue weighted by molar-refractivity contribution is -0.129. The van der Waals surface area contributed by atoms with Crippen molar-refractivity contribution in [2.75, 3.05) is 20.2 Å². The number of fused-ring (bicyclic) bond motifs is 1. The van der Waals surface area contributed by atoms with Crippen molar-refractivity contribution >= 4 is 28.2 Å². The largest absolute Gasteiger partial charge is 0.494 e. The highest BCUT2D eigenvalue weighted by atomic mass is 16.5. The first-order chi connectivity index (χ1) is 17.5. The van der Waals surface area contributed by atoms with Crippen LogP contribution in [0.4, 0.5) is 0 Å². The second-order valence-electron chi connectivity index (χ2n) is 8.17. The van der Waals surface area contributed by atoms with Crippen LogP contribution >= 0.6 is 0 Å². The molecule has 3 aromatic heterocycles. The van der Waals surface area contributed by atoms with Crippen LogP contribution in [-0.4, -0.2) is 61.6 Å². The Morgan fingerprint density at radius 3 is 2.69 bits per heavy atom. The van der Waals surface area contributed by atoms with E-state index in [0.717, 1.165) is 11.1 Å². The molecule has 1 fully saturated rings. The number of methoxy groups -OCH3 is 1. The van der Waals surface area contributed by atoms with Crippen molar-refractivity contribution in [3.63, 3.8) is 0 Å². The van der Waals surface area contributed by atoms with Gasteiger partial charge < -0.3 is 9.72 Å². The molecule has 1 aliphatic rings. The standard InChI is InChI=1S/C25H22N8O3/c1-15-29-14-33(31-15)24-22-21(20(36-2)12-28-24)19(11-27-22)23(34)25(35)32-13-17(8-9-30-32)18(10-26)16-6-4-3-5-7-16/h3-7,11-12,14,27,30H,8-9,13H2,1-2H3. The predicted octanol–water partition coefficient (Wildman–Crippen LogP) is 2.36. The van der Waals surface area contributed by atoms with Gasteiger partial charge in [0.05, 0.1) is 48.0 Å². The van der Waals surface area contributed by atoms with Gasteiger partial charge in [0.25, 0.3) is 5.78 Å². The van der Waals surface area contributed by atoms with Crippen LogP contribution in [0.1, 0.15) is 28.2 Å². The Hall–Kier alpha value is -4.82. The number of H-pyrrole nitrogens is 1. The third-order valence-electron chi connectivity index (χ3n) is 5.99. The van der Waals surface area contributed by atoms with E-state index in [0.29, 0.717) is 46.8 Å². The van der Waals surface area contributed by atoms with Crippen LogP contribution in [0.25, 0.3) is 22.3 Å². The molecule has 2 N–H and O–H groups in total. The highest BCUT2D eigenvalue weighted by molar-refractivity contribution is 6.45. The quantitative estimate of drug-likeness (QED) is 0.251. The second-order valence-corrected chi connectivity index (χ2v) is 8.17. The number of nitrogens with zero attached hydrogens (tertiary/aromatic N) is 6. The van der Waals surface area contributed by atoms with Crippen molar-refractivity contribution in [3.8, 4) is 17.6 Å².